The van der Waals surface area contributed by atoms with Crippen molar-refractivity contribution < 1.29 is 27.5 Å². The second-order valence-electron chi connectivity index (χ2n) is 6.31. The summed E-state index contributed by atoms with van der Waals surface area (Å²) in [5.41, 5.74) is 0. The van der Waals surface area contributed by atoms with Crippen LogP contribution in [0.2, 0.25) is 0 Å². The number of thiophene rings is 1. The summed E-state index contributed by atoms with van der Waals surface area (Å²) in [6, 6.07) is 1.41. The van der Waals surface area contributed by atoms with Crippen LogP contribution in [-0.4, -0.2) is 68.6 Å². The van der Waals surface area contributed by atoms with Crippen molar-refractivity contribution in [2.75, 3.05) is 26.7 Å². The van der Waals surface area contributed by atoms with Gasteiger partial charge >= 0.3 is 12.1 Å². The van der Waals surface area contributed by atoms with Crippen molar-refractivity contribution in [1.82, 2.24) is 9.21 Å². The van der Waals surface area contributed by atoms with Gasteiger partial charge in [-0.2, -0.15) is 4.31 Å². The highest BCUT2D eigenvalue weighted by atomic mass is 32.2. The average Bonchev–Trinajstić information content (AvgIpc) is 3.28. The number of ether oxygens (including phenoxy) is 2. The number of cyclic esters (lactones) is 1. The maximum atomic E-state index is 12.9. The SMILES string of the molecule is CCC1CN(C2CCN(S(=O)(=O)c3ccsc3C(=O)OC)CC2)C(=O)O1. The molecule has 1 aromatic heterocycles. The molecule has 0 N–H and O–H groups in total. The molecule has 144 valence electrons. The van der Waals surface area contributed by atoms with Crippen molar-refractivity contribution in [2.24, 2.45) is 0 Å². The van der Waals surface area contributed by atoms with E-state index in [4.69, 9.17) is 4.74 Å². The van der Waals surface area contributed by atoms with E-state index < -0.39 is 16.0 Å². The number of piperidine rings is 1. The van der Waals surface area contributed by atoms with Crippen LogP contribution in [-0.2, 0) is 19.5 Å². The number of sulfonamides is 1. The third-order valence-electron chi connectivity index (χ3n) is 4.84. The Kier molecular flexibility index (Phi) is 5.54. The molecule has 0 aromatic carbocycles. The number of methoxy groups -OCH3 is 1. The summed E-state index contributed by atoms with van der Waals surface area (Å²) >= 11 is 1.05. The standard InChI is InChI=1S/C16H22N2O6S2/c1-3-12-10-18(16(20)24-12)11-4-7-17(8-5-11)26(21,22)13-6-9-25-14(13)15(19)23-2/h6,9,11-12H,3-5,7-8,10H2,1-2H3. The smallest absolute Gasteiger partial charge is 0.410 e. The summed E-state index contributed by atoms with van der Waals surface area (Å²) < 4.78 is 37.1. The third-order valence-corrected chi connectivity index (χ3v) is 7.80. The van der Waals surface area contributed by atoms with Gasteiger partial charge in [-0.25, -0.2) is 18.0 Å². The van der Waals surface area contributed by atoms with E-state index >= 15 is 0 Å². The lowest BCUT2D eigenvalue weighted by Gasteiger charge is -2.34. The lowest BCUT2D eigenvalue weighted by atomic mass is 10.1. The highest BCUT2D eigenvalue weighted by molar-refractivity contribution is 7.89. The molecule has 3 heterocycles. The summed E-state index contributed by atoms with van der Waals surface area (Å²) in [6.07, 6.45) is 1.45. The molecule has 1 aromatic rings. The van der Waals surface area contributed by atoms with Crippen LogP contribution in [0.15, 0.2) is 16.3 Å². The van der Waals surface area contributed by atoms with E-state index in [1.165, 1.54) is 17.5 Å². The molecule has 1 amide bonds. The van der Waals surface area contributed by atoms with E-state index in [2.05, 4.69) is 4.74 Å². The topological polar surface area (TPSA) is 93.2 Å². The molecule has 8 nitrogen and oxygen atoms in total. The van der Waals surface area contributed by atoms with Crippen molar-refractivity contribution in [3.8, 4) is 0 Å². The van der Waals surface area contributed by atoms with Crippen LogP contribution in [0.3, 0.4) is 0 Å². The number of amides is 1. The maximum Gasteiger partial charge on any atom is 0.410 e. The van der Waals surface area contributed by atoms with Gasteiger partial charge in [-0.3, -0.25) is 0 Å². The summed E-state index contributed by atoms with van der Waals surface area (Å²) in [6.45, 7) is 3.12. The average molecular weight is 402 g/mol. The highest BCUT2D eigenvalue weighted by Crippen LogP contribution is 2.30. The van der Waals surface area contributed by atoms with Crippen LogP contribution in [0.4, 0.5) is 4.79 Å². The van der Waals surface area contributed by atoms with E-state index in [9.17, 15) is 18.0 Å². The molecular weight excluding hydrogens is 380 g/mol. The summed E-state index contributed by atoms with van der Waals surface area (Å²) in [7, 11) is -2.55. The van der Waals surface area contributed by atoms with Crippen LogP contribution >= 0.6 is 11.3 Å². The number of carbonyl (C=O) groups is 2. The Morgan fingerprint density at radius 3 is 2.65 bits per heavy atom. The molecule has 2 saturated heterocycles. The monoisotopic (exact) mass is 402 g/mol. The van der Waals surface area contributed by atoms with Gasteiger partial charge < -0.3 is 14.4 Å². The maximum absolute atomic E-state index is 12.9. The minimum atomic E-state index is -3.77. The normalized spacial score (nSPS) is 22.5. The Labute approximate surface area is 156 Å². The van der Waals surface area contributed by atoms with Gasteiger partial charge in [0, 0.05) is 19.1 Å². The van der Waals surface area contributed by atoms with Gasteiger partial charge in [0.05, 0.1) is 13.7 Å². The molecule has 2 aliphatic rings. The van der Waals surface area contributed by atoms with E-state index in [0.717, 1.165) is 17.8 Å². The van der Waals surface area contributed by atoms with Crippen molar-refractivity contribution in [3.63, 3.8) is 0 Å². The Hall–Kier alpha value is -1.65. The predicted octanol–water partition coefficient (Wildman–Crippen LogP) is 1.92. The number of carbonyl (C=O) groups excluding carboxylic acids is 2. The number of esters is 1. The van der Waals surface area contributed by atoms with Gasteiger partial charge in [-0.05, 0) is 30.7 Å². The van der Waals surface area contributed by atoms with Crippen molar-refractivity contribution in [1.29, 1.82) is 0 Å². The number of rotatable bonds is 5. The number of nitrogens with zero attached hydrogens (tertiary/aromatic N) is 2. The molecule has 2 aliphatic heterocycles. The van der Waals surface area contributed by atoms with Crippen LogP contribution in [0.25, 0.3) is 0 Å². The van der Waals surface area contributed by atoms with E-state index in [0.29, 0.717) is 32.5 Å². The van der Waals surface area contributed by atoms with Crippen LogP contribution in [0.1, 0.15) is 35.9 Å². The van der Waals surface area contributed by atoms with Gasteiger partial charge in [-0.1, -0.05) is 6.92 Å². The third kappa shape index (κ3) is 3.45. The first-order valence-electron chi connectivity index (χ1n) is 8.51. The molecule has 1 atom stereocenters. The van der Waals surface area contributed by atoms with Gasteiger partial charge in [0.15, 0.2) is 0 Å². The molecule has 26 heavy (non-hydrogen) atoms. The van der Waals surface area contributed by atoms with Crippen molar-refractivity contribution in [2.45, 2.75) is 43.2 Å². The lowest BCUT2D eigenvalue weighted by Crippen LogP contribution is -2.47. The Morgan fingerprint density at radius 1 is 1.38 bits per heavy atom. The first kappa shape index (κ1) is 19.1. The molecule has 1 unspecified atom stereocenters. The lowest BCUT2D eigenvalue weighted by molar-refractivity contribution is 0.0602. The van der Waals surface area contributed by atoms with Crippen LogP contribution in [0.5, 0.6) is 0 Å². The Bertz CT molecular complexity index is 782. The zero-order chi connectivity index (χ0) is 18.9. The van der Waals surface area contributed by atoms with E-state index in [1.54, 1.807) is 10.3 Å². The van der Waals surface area contributed by atoms with Crippen molar-refractivity contribution in [3.05, 3.63) is 16.3 Å². The summed E-state index contributed by atoms with van der Waals surface area (Å²) in [5.74, 6) is -0.654. The molecule has 0 saturated carbocycles. The fraction of sp³-hybridized carbons (Fsp3) is 0.625. The van der Waals surface area contributed by atoms with Crippen LogP contribution in [0, 0.1) is 0 Å². The number of hydrogen-bond acceptors (Lipinski definition) is 7. The molecule has 0 aliphatic carbocycles. The minimum absolute atomic E-state index is 0.0144. The Morgan fingerprint density at radius 2 is 2.08 bits per heavy atom. The molecule has 0 radical (unpaired) electrons. The zero-order valence-corrected chi connectivity index (χ0v) is 16.3. The second-order valence-corrected chi connectivity index (χ2v) is 9.13. The fourth-order valence-corrected chi connectivity index (χ4v) is 6.11. The van der Waals surface area contributed by atoms with Gasteiger partial charge in [-0.15, -0.1) is 11.3 Å². The summed E-state index contributed by atoms with van der Waals surface area (Å²) in [4.78, 5) is 25.6. The molecule has 0 spiro atoms. The first-order valence-corrected chi connectivity index (χ1v) is 10.8. The van der Waals surface area contributed by atoms with Crippen LogP contribution < -0.4 is 0 Å². The molecule has 0 bridgehead atoms. The summed E-state index contributed by atoms with van der Waals surface area (Å²) in [5, 5.41) is 1.57. The largest absolute Gasteiger partial charge is 0.465 e. The minimum Gasteiger partial charge on any atom is -0.465 e. The quantitative estimate of drug-likeness (QED) is 0.699. The fourth-order valence-electron chi connectivity index (χ4n) is 3.33. The van der Waals surface area contributed by atoms with E-state index in [-0.39, 0.29) is 28.0 Å². The van der Waals surface area contributed by atoms with Gasteiger partial charge in [0.2, 0.25) is 10.0 Å². The first-order chi connectivity index (χ1) is 12.4. The van der Waals surface area contributed by atoms with Gasteiger partial charge in [0.1, 0.15) is 15.9 Å². The number of hydrogen-bond donors (Lipinski definition) is 0. The molecule has 2 fully saturated rings. The highest BCUT2D eigenvalue weighted by Gasteiger charge is 2.39. The second kappa shape index (κ2) is 7.53. The van der Waals surface area contributed by atoms with Crippen molar-refractivity contribution >= 4 is 33.4 Å². The molecular formula is C16H22N2O6S2. The molecule has 3 rings (SSSR count). The molecule has 10 heteroatoms. The zero-order valence-electron chi connectivity index (χ0n) is 14.7. The Balaban J connectivity index is 1.69. The predicted molar refractivity (Wildman–Crippen MR) is 94.7 cm³/mol. The van der Waals surface area contributed by atoms with Gasteiger partial charge in [0.25, 0.3) is 0 Å². The van der Waals surface area contributed by atoms with E-state index in [1.807, 2.05) is 6.92 Å².